The van der Waals surface area contributed by atoms with Gasteiger partial charge in [-0.05, 0) is 13.8 Å². The lowest BCUT2D eigenvalue weighted by molar-refractivity contribution is -0.119. The molecule has 9 nitrogen and oxygen atoms in total. The summed E-state index contributed by atoms with van der Waals surface area (Å²) in [6.45, 7) is 7.06. The molecule has 1 atom stereocenters. The Morgan fingerprint density at radius 3 is 3.08 bits per heavy atom. The van der Waals surface area contributed by atoms with E-state index in [0.717, 1.165) is 12.4 Å². The van der Waals surface area contributed by atoms with E-state index in [9.17, 15) is 4.79 Å². The fourth-order valence-electron chi connectivity index (χ4n) is 2.78. The number of nitrogens with one attached hydrogen (secondary N) is 1. The summed E-state index contributed by atoms with van der Waals surface area (Å²) in [6.07, 6.45) is 4.88. The van der Waals surface area contributed by atoms with Crippen molar-refractivity contribution in [2.24, 2.45) is 0 Å². The van der Waals surface area contributed by atoms with Crippen molar-refractivity contribution < 1.29 is 9.53 Å². The summed E-state index contributed by atoms with van der Waals surface area (Å²) < 4.78 is 9.29. The van der Waals surface area contributed by atoms with Gasteiger partial charge in [-0.1, -0.05) is 0 Å². The van der Waals surface area contributed by atoms with Gasteiger partial charge in [-0.25, -0.2) is 9.67 Å². The predicted octanol–water partition coefficient (Wildman–Crippen LogP) is 0.395. The SMILES string of the molecule is CC(C)n1nccc1NC(=O)CN1CCOC(Cn2cncn2)C1. The molecule has 1 N–H and O–H groups in total. The largest absolute Gasteiger partial charge is 0.374 e. The maximum Gasteiger partial charge on any atom is 0.239 e. The van der Waals surface area contributed by atoms with Gasteiger partial charge in [-0.3, -0.25) is 14.4 Å². The molecule has 1 unspecified atom stereocenters. The topological polar surface area (TPSA) is 90.1 Å². The van der Waals surface area contributed by atoms with Crippen molar-refractivity contribution in [1.82, 2.24) is 29.4 Å². The van der Waals surface area contributed by atoms with E-state index in [2.05, 4.69) is 25.4 Å². The Morgan fingerprint density at radius 1 is 1.46 bits per heavy atom. The molecular formula is C15H23N7O2. The number of hydrogen-bond acceptors (Lipinski definition) is 6. The molecule has 0 spiro atoms. The van der Waals surface area contributed by atoms with Crippen molar-refractivity contribution in [2.75, 3.05) is 31.6 Å². The third-order valence-corrected chi connectivity index (χ3v) is 3.87. The Labute approximate surface area is 140 Å². The maximum atomic E-state index is 12.3. The Kier molecular flexibility index (Phi) is 5.21. The molecule has 2 aromatic heterocycles. The molecule has 0 radical (unpaired) electrons. The van der Waals surface area contributed by atoms with Crippen LogP contribution >= 0.6 is 0 Å². The lowest BCUT2D eigenvalue weighted by Gasteiger charge is -2.32. The highest BCUT2D eigenvalue weighted by Crippen LogP contribution is 2.13. The summed E-state index contributed by atoms with van der Waals surface area (Å²) in [7, 11) is 0. The number of amides is 1. The third-order valence-electron chi connectivity index (χ3n) is 3.87. The molecule has 1 aliphatic heterocycles. The molecule has 3 heterocycles. The molecule has 0 saturated carbocycles. The van der Waals surface area contributed by atoms with Gasteiger partial charge in [-0.15, -0.1) is 0 Å². The second kappa shape index (κ2) is 7.54. The molecule has 0 aromatic carbocycles. The normalized spacial score (nSPS) is 18.9. The highest BCUT2D eigenvalue weighted by atomic mass is 16.5. The Balaban J connectivity index is 1.51. The monoisotopic (exact) mass is 333 g/mol. The number of aromatic nitrogens is 5. The smallest absolute Gasteiger partial charge is 0.239 e. The number of morpholine rings is 1. The van der Waals surface area contributed by atoms with Crippen molar-refractivity contribution in [3.63, 3.8) is 0 Å². The van der Waals surface area contributed by atoms with Crippen LogP contribution in [0.1, 0.15) is 19.9 Å². The van der Waals surface area contributed by atoms with Crippen molar-refractivity contribution in [3.8, 4) is 0 Å². The van der Waals surface area contributed by atoms with Gasteiger partial charge < -0.3 is 10.1 Å². The van der Waals surface area contributed by atoms with Gasteiger partial charge in [0.2, 0.25) is 5.91 Å². The summed E-state index contributed by atoms with van der Waals surface area (Å²) in [5.74, 6) is 0.682. The first-order chi connectivity index (χ1) is 11.6. The highest BCUT2D eigenvalue weighted by Gasteiger charge is 2.23. The van der Waals surface area contributed by atoms with Crippen LogP contribution in [0.5, 0.6) is 0 Å². The first kappa shape index (κ1) is 16.6. The summed E-state index contributed by atoms with van der Waals surface area (Å²) in [6, 6.07) is 2.01. The van der Waals surface area contributed by atoms with Gasteiger partial charge in [0.25, 0.3) is 0 Å². The van der Waals surface area contributed by atoms with E-state index in [1.165, 1.54) is 6.33 Å². The van der Waals surface area contributed by atoms with Crippen LogP contribution in [0.3, 0.4) is 0 Å². The number of nitrogens with zero attached hydrogens (tertiary/aromatic N) is 6. The molecule has 1 aliphatic rings. The molecule has 24 heavy (non-hydrogen) atoms. The zero-order valence-electron chi connectivity index (χ0n) is 14.0. The fourth-order valence-corrected chi connectivity index (χ4v) is 2.78. The van der Waals surface area contributed by atoms with Gasteiger partial charge in [0.1, 0.15) is 18.5 Å². The molecule has 130 valence electrons. The zero-order valence-corrected chi connectivity index (χ0v) is 14.0. The number of carbonyl (C=O) groups excluding carboxylic acids is 1. The Bertz CT molecular complexity index is 653. The molecule has 9 heteroatoms. The predicted molar refractivity (Wildman–Crippen MR) is 87.4 cm³/mol. The average Bonchev–Trinajstić information content (AvgIpc) is 3.19. The third kappa shape index (κ3) is 4.18. The van der Waals surface area contributed by atoms with E-state index in [1.54, 1.807) is 21.9 Å². The van der Waals surface area contributed by atoms with E-state index in [-0.39, 0.29) is 18.1 Å². The average molecular weight is 333 g/mol. The van der Waals surface area contributed by atoms with Gasteiger partial charge in [0.05, 0.1) is 32.0 Å². The molecule has 0 aliphatic carbocycles. The molecule has 3 rings (SSSR count). The lowest BCUT2D eigenvalue weighted by atomic mass is 10.2. The molecular weight excluding hydrogens is 310 g/mol. The second-order valence-corrected chi connectivity index (χ2v) is 6.15. The minimum Gasteiger partial charge on any atom is -0.374 e. The minimum atomic E-state index is -0.0428. The molecule has 1 saturated heterocycles. The van der Waals surface area contributed by atoms with Crippen molar-refractivity contribution in [2.45, 2.75) is 32.5 Å². The highest BCUT2D eigenvalue weighted by molar-refractivity contribution is 5.91. The number of ether oxygens (including phenoxy) is 1. The molecule has 1 amide bonds. The van der Waals surface area contributed by atoms with Crippen molar-refractivity contribution in [3.05, 3.63) is 24.9 Å². The van der Waals surface area contributed by atoms with Crippen LogP contribution < -0.4 is 5.32 Å². The Hall–Kier alpha value is -2.26. The summed E-state index contributed by atoms with van der Waals surface area (Å²) in [4.78, 5) is 18.3. The Morgan fingerprint density at radius 2 is 2.33 bits per heavy atom. The van der Waals surface area contributed by atoms with E-state index < -0.39 is 0 Å². The van der Waals surface area contributed by atoms with E-state index in [1.807, 2.05) is 19.9 Å². The van der Waals surface area contributed by atoms with E-state index in [4.69, 9.17) is 4.74 Å². The van der Waals surface area contributed by atoms with E-state index in [0.29, 0.717) is 26.2 Å². The minimum absolute atomic E-state index is 0.00874. The van der Waals surface area contributed by atoms with Crippen LogP contribution in [0.15, 0.2) is 24.9 Å². The van der Waals surface area contributed by atoms with E-state index >= 15 is 0 Å². The molecule has 2 aromatic rings. The van der Waals surface area contributed by atoms with Gasteiger partial charge in [-0.2, -0.15) is 10.2 Å². The number of hydrogen-bond donors (Lipinski definition) is 1. The quantitative estimate of drug-likeness (QED) is 0.823. The first-order valence-electron chi connectivity index (χ1n) is 8.11. The summed E-state index contributed by atoms with van der Waals surface area (Å²) >= 11 is 0. The van der Waals surface area contributed by atoms with Crippen LogP contribution in [-0.2, 0) is 16.1 Å². The zero-order chi connectivity index (χ0) is 16.9. The van der Waals surface area contributed by atoms with Crippen LogP contribution in [0, 0.1) is 0 Å². The number of rotatable bonds is 6. The summed E-state index contributed by atoms with van der Waals surface area (Å²) in [5.41, 5.74) is 0. The standard InChI is InChI=1S/C15H23N7O2/c1-12(2)22-14(3-4-17-22)19-15(23)9-20-5-6-24-13(7-20)8-21-11-16-10-18-21/h3-4,10-13H,5-9H2,1-2H3,(H,19,23). The van der Waals surface area contributed by atoms with Gasteiger partial charge in [0, 0.05) is 25.2 Å². The van der Waals surface area contributed by atoms with Crippen LogP contribution in [0.2, 0.25) is 0 Å². The fraction of sp³-hybridized carbons (Fsp3) is 0.600. The van der Waals surface area contributed by atoms with Crippen molar-refractivity contribution >= 4 is 11.7 Å². The van der Waals surface area contributed by atoms with Crippen LogP contribution in [0.4, 0.5) is 5.82 Å². The first-order valence-corrected chi connectivity index (χ1v) is 8.11. The van der Waals surface area contributed by atoms with Gasteiger partial charge in [0.15, 0.2) is 0 Å². The number of anilines is 1. The molecule has 0 bridgehead atoms. The summed E-state index contributed by atoms with van der Waals surface area (Å²) in [5, 5.41) is 11.2. The lowest BCUT2D eigenvalue weighted by Crippen LogP contribution is -2.47. The van der Waals surface area contributed by atoms with Crippen LogP contribution in [-0.4, -0.2) is 67.7 Å². The maximum absolute atomic E-state index is 12.3. The molecule has 1 fully saturated rings. The number of carbonyl (C=O) groups is 1. The van der Waals surface area contributed by atoms with Gasteiger partial charge >= 0.3 is 0 Å². The second-order valence-electron chi connectivity index (χ2n) is 6.15. The van der Waals surface area contributed by atoms with Crippen molar-refractivity contribution in [1.29, 1.82) is 0 Å². The van der Waals surface area contributed by atoms with Crippen LogP contribution in [0.25, 0.3) is 0 Å².